The molecule has 3 aromatic rings. The van der Waals surface area contributed by atoms with Crippen LogP contribution in [0.1, 0.15) is 42.4 Å². The maximum atomic E-state index is 12.9. The fourth-order valence-corrected chi connectivity index (χ4v) is 2.89. The minimum atomic E-state index is -0.340. The van der Waals surface area contributed by atoms with Crippen molar-refractivity contribution in [2.75, 3.05) is 0 Å². The highest BCUT2D eigenvalue weighted by atomic mass is 35.5. The highest BCUT2D eigenvalue weighted by Crippen LogP contribution is 2.25. The van der Waals surface area contributed by atoms with E-state index in [1.54, 1.807) is 16.8 Å². The lowest BCUT2D eigenvalue weighted by Crippen LogP contribution is -2.41. The number of amides is 1. The van der Waals surface area contributed by atoms with E-state index in [1.165, 1.54) is 11.1 Å². The molecule has 0 fully saturated rings. The van der Waals surface area contributed by atoms with Gasteiger partial charge in [0.15, 0.2) is 0 Å². The van der Waals surface area contributed by atoms with Gasteiger partial charge in [0.2, 0.25) is 0 Å². The number of halogens is 1. The van der Waals surface area contributed by atoms with Crippen molar-refractivity contribution in [3.63, 3.8) is 0 Å². The molecule has 1 N–H and O–H groups in total. The number of aryl methyl sites for hydroxylation is 2. The molecule has 1 aromatic heterocycles. The standard InChI is InChI=1S/C22H24ClN3O/c1-14-6-7-16(12-15(14)2)19-13-20(21(27)24-22(3,4)5)26(25-19)18-10-8-17(23)9-11-18/h6-13H,1-5H3,(H,24,27). The van der Waals surface area contributed by atoms with Crippen LogP contribution in [0.2, 0.25) is 5.02 Å². The molecular formula is C22H24ClN3O. The van der Waals surface area contributed by atoms with Crippen LogP contribution < -0.4 is 5.32 Å². The zero-order valence-corrected chi connectivity index (χ0v) is 17.1. The molecule has 0 unspecified atom stereocenters. The summed E-state index contributed by atoms with van der Waals surface area (Å²) in [4.78, 5) is 12.9. The van der Waals surface area contributed by atoms with Crippen LogP contribution in [-0.2, 0) is 0 Å². The number of benzene rings is 2. The summed E-state index contributed by atoms with van der Waals surface area (Å²) < 4.78 is 1.67. The fourth-order valence-electron chi connectivity index (χ4n) is 2.77. The number of carbonyl (C=O) groups excluding carboxylic acids is 1. The zero-order valence-electron chi connectivity index (χ0n) is 16.3. The van der Waals surface area contributed by atoms with Gasteiger partial charge in [-0.2, -0.15) is 5.10 Å². The van der Waals surface area contributed by atoms with Gasteiger partial charge in [-0.15, -0.1) is 0 Å². The van der Waals surface area contributed by atoms with Gasteiger partial charge in [-0.1, -0.05) is 23.7 Å². The molecule has 0 aliphatic rings. The van der Waals surface area contributed by atoms with E-state index >= 15 is 0 Å². The predicted molar refractivity (Wildman–Crippen MR) is 111 cm³/mol. The van der Waals surface area contributed by atoms with Gasteiger partial charge in [-0.25, -0.2) is 4.68 Å². The van der Waals surface area contributed by atoms with Gasteiger partial charge in [0, 0.05) is 16.1 Å². The van der Waals surface area contributed by atoms with E-state index in [-0.39, 0.29) is 11.4 Å². The molecule has 0 aliphatic heterocycles. The van der Waals surface area contributed by atoms with Crippen molar-refractivity contribution in [1.82, 2.24) is 15.1 Å². The second-order valence-corrected chi connectivity index (χ2v) is 8.24. The SMILES string of the molecule is Cc1ccc(-c2cc(C(=O)NC(C)(C)C)n(-c3ccc(Cl)cc3)n2)cc1C. The number of nitrogens with zero attached hydrogens (tertiary/aromatic N) is 2. The highest BCUT2D eigenvalue weighted by Gasteiger charge is 2.21. The molecule has 4 nitrogen and oxygen atoms in total. The second kappa shape index (κ2) is 7.20. The van der Waals surface area contributed by atoms with Crippen LogP contribution in [0.3, 0.4) is 0 Å². The minimum absolute atomic E-state index is 0.167. The Morgan fingerprint density at radius 2 is 1.67 bits per heavy atom. The van der Waals surface area contributed by atoms with E-state index in [4.69, 9.17) is 16.7 Å². The number of carbonyl (C=O) groups is 1. The van der Waals surface area contributed by atoms with Gasteiger partial charge in [0.1, 0.15) is 5.69 Å². The predicted octanol–water partition coefficient (Wildman–Crippen LogP) is 5.34. The molecule has 3 rings (SSSR count). The fraction of sp³-hybridized carbons (Fsp3) is 0.273. The van der Waals surface area contributed by atoms with Crippen molar-refractivity contribution in [3.05, 3.63) is 70.4 Å². The van der Waals surface area contributed by atoms with Crippen molar-refractivity contribution in [3.8, 4) is 16.9 Å². The molecule has 0 bridgehead atoms. The number of hydrogen-bond donors (Lipinski definition) is 1. The van der Waals surface area contributed by atoms with Crippen molar-refractivity contribution in [2.24, 2.45) is 0 Å². The summed E-state index contributed by atoms with van der Waals surface area (Å²) in [6.45, 7) is 10.0. The molecule has 1 heterocycles. The number of nitrogens with one attached hydrogen (secondary N) is 1. The van der Waals surface area contributed by atoms with E-state index in [9.17, 15) is 4.79 Å². The van der Waals surface area contributed by atoms with Gasteiger partial charge in [0.05, 0.1) is 11.4 Å². The van der Waals surface area contributed by atoms with Gasteiger partial charge in [0.25, 0.3) is 5.91 Å². The lowest BCUT2D eigenvalue weighted by molar-refractivity contribution is 0.0911. The van der Waals surface area contributed by atoms with Crippen molar-refractivity contribution >= 4 is 17.5 Å². The normalized spacial score (nSPS) is 11.5. The number of hydrogen-bond acceptors (Lipinski definition) is 2. The Labute approximate surface area is 165 Å². The third-order valence-electron chi connectivity index (χ3n) is 4.30. The molecule has 0 atom stereocenters. The maximum Gasteiger partial charge on any atom is 0.270 e. The quantitative estimate of drug-likeness (QED) is 0.665. The lowest BCUT2D eigenvalue weighted by atomic mass is 10.0. The number of rotatable bonds is 3. The van der Waals surface area contributed by atoms with E-state index in [1.807, 2.05) is 45.0 Å². The molecule has 0 saturated carbocycles. The van der Waals surface area contributed by atoms with Crippen LogP contribution in [0.4, 0.5) is 0 Å². The molecule has 27 heavy (non-hydrogen) atoms. The summed E-state index contributed by atoms with van der Waals surface area (Å²) in [5.41, 5.74) is 5.08. The molecule has 0 saturated heterocycles. The zero-order chi connectivity index (χ0) is 19.8. The Morgan fingerprint density at radius 3 is 2.26 bits per heavy atom. The number of aromatic nitrogens is 2. The Balaban J connectivity index is 2.11. The third-order valence-corrected chi connectivity index (χ3v) is 4.56. The molecule has 0 spiro atoms. The average Bonchev–Trinajstić information content (AvgIpc) is 3.02. The molecule has 0 radical (unpaired) electrons. The first kappa shape index (κ1) is 19.2. The molecule has 0 aliphatic carbocycles. The van der Waals surface area contributed by atoms with Crippen molar-refractivity contribution in [1.29, 1.82) is 0 Å². The topological polar surface area (TPSA) is 46.9 Å². The molecule has 5 heteroatoms. The van der Waals surface area contributed by atoms with Crippen LogP contribution in [0.15, 0.2) is 48.5 Å². The third kappa shape index (κ3) is 4.40. The Kier molecular flexibility index (Phi) is 5.11. The van der Waals surface area contributed by atoms with Crippen molar-refractivity contribution in [2.45, 2.75) is 40.2 Å². The summed E-state index contributed by atoms with van der Waals surface area (Å²) in [5, 5.41) is 8.37. The molecular weight excluding hydrogens is 358 g/mol. The van der Waals surface area contributed by atoms with Crippen molar-refractivity contribution < 1.29 is 4.79 Å². The Morgan fingerprint density at radius 1 is 1.00 bits per heavy atom. The Bertz CT molecular complexity index is 982. The van der Waals surface area contributed by atoms with E-state index in [0.717, 1.165) is 16.9 Å². The summed E-state index contributed by atoms with van der Waals surface area (Å²) in [6.07, 6.45) is 0. The monoisotopic (exact) mass is 381 g/mol. The summed E-state index contributed by atoms with van der Waals surface area (Å²) in [6, 6.07) is 15.3. The van der Waals surface area contributed by atoms with E-state index < -0.39 is 0 Å². The van der Waals surface area contributed by atoms with Gasteiger partial charge >= 0.3 is 0 Å². The average molecular weight is 382 g/mol. The molecule has 2 aromatic carbocycles. The van der Waals surface area contributed by atoms with Crippen LogP contribution >= 0.6 is 11.6 Å². The largest absolute Gasteiger partial charge is 0.346 e. The van der Waals surface area contributed by atoms with Gasteiger partial charge in [-0.3, -0.25) is 4.79 Å². The molecule has 1 amide bonds. The Hall–Kier alpha value is -2.59. The first-order chi connectivity index (χ1) is 12.6. The summed E-state index contributed by atoms with van der Waals surface area (Å²) in [5.74, 6) is -0.167. The van der Waals surface area contributed by atoms with E-state index in [2.05, 4.69) is 31.3 Å². The van der Waals surface area contributed by atoms with Gasteiger partial charge in [-0.05, 0) is 82.1 Å². The summed E-state index contributed by atoms with van der Waals surface area (Å²) >= 11 is 6.01. The summed E-state index contributed by atoms with van der Waals surface area (Å²) in [7, 11) is 0. The van der Waals surface area contributed by atoms with Crippen LogP contribution in [0, 0.1) is 13.8 Å². The first-order valence-corrected chi connectivity index (χ1v) is 9.28. The van der Waals surface area contributed by atoms with Crippen LogP contribution in [0.25, 0.3) is 16.9 Å². The maximum absolute atomic E-state index is 12.9. The smallest absolute Gasteiger partial charge is 0.270 e. The highest BCUT2D eigenvalue weighted by molar-refractivity contribution is 6.30. The first-order valence-electron chi connectivity index (χ1n) is 8.90. The van der Waals surface area contributed by atoms with Crippen LogP contribution in [0.5, 0.6) is 0 Å². The minimum Gasteiger partial charge on any atom is -0.346 e. The van der Waals surface area contributed by atoms with Crippen LogP contribution in [-0.4, -0.2) is 21.2 Å². The molecule has 140 valence electrons. The van der Waals surface area contributed by atoms with Gasteiger partial charge < -0.3 is 5.32 Å². The second-order valence-electron chi connectivity index (χ2n) is 7.81. The van der Waals surface area contributed by atoms with E-state index in [0.29, 0.717) is 10.7 Å². The lowest BCUT2D eigenvalue weighted by Gasteiger charge is -2.20.